The molecule has 104 valence electrons. The maximum absolute atomic E-state index is 12.1. The highest BCUT2D eigenvalue weighted by Gasteiger charge is 2.11. The first-order valence-corrected chi connectivity index (χ1v) is 6.76. The van der Waals surface area contributed by atoms with E-state index in [1.165, 1.54) is 0 Å². The van der Waals surface area contributed by atoms with Crippen molar-refractivity contribution in [2.45, 2.75) is 13.8 Å². The molecule has 1 amide bonds. The lowest BCUT2D eigenvalue weighted by atomic mass is 10.2. The molecule has 2 aromatic rings. The molecule has 0 saturated carbocycles. The summed E-state index contributed by atoms with van der Waals surface area (Å²) >= 11 is 6.08. The lowest BCUT2D eigenvalue weighted by Gasteiger charge is -2.10. The van der Waals surface area contributed by atoms with Crippen molar-refractivity contribution in [2.24, 2.45) is 0 Å². The number of pyridine rings is 1. The number of nitrogens with one attached hydrogen (secondary N) is 2. The highest BCUT2D eigenvalue weighted by Crippen LogP contribution is 2.25. The van der Waals surface area contributed by atoms with Crippen LogP contribution in [0.25, 0.3) is 0 Å². The van der Waals surface area contributed by atoms with Crippen LogP contribution in [0.15, 0.2) is 36.5 Å². The Labute approximate surface area is 123 Å². The number of anilines is 2. The number of carbonyl (C=O) groups is 1. The summed E-state index contributed by atoms with van der Waals surface area (Å²) in [5, 5.41) is 6.44. The third-order valence-electron chi connectivity index (χ3n) is 2.84. The predicted octanol–water partition coefficient (Wildman–Crippen LogP) is 3.73. The minimum atomic E-state index is -0.274. The number of amides is 1. The standard InChI is InChI=1S/C15H16ClN3O/c1-3-17-11-7-8-13(18-9-11)15(20)19-14-10(2)5-4-6-12(14)16/h4-9,17H,3H2,1-2H3,(H,19,20). The summed E-state index contributed by atoms with van der Waals surface area (Å²) in [5.41, 5.74) is 2.77. The fraction of sp³-hybridized carbons (Fsp3) is 0.200. The predicted molar refractivity (Wildman–Crippen MR) is 82.5 cm³/mol. The molecule has 1 aromatic carbocycles. The van der Waals surface area contributed by atoms with Gasteiger partial charge in [0.25, 0.3) is 5.91 Å². The van der Waals surface area contributed by atoms with E-state index in [4.69, 9.17) is 11.6 Å². The van der Waals surface area contributed by atoms with Crippen molar-refractivity contribution in [1.29, 1.82) is 0 Å². The van der Waals surface area contributed by atoms with Crippen molar-refractivity contribution >= 4 is 28.9 Å². The summed E-state index contributed by atoms with van der Waals surface area (Å²) in [6, 6.07) is 8.98. The topological polar surface area (TPSA) is 54.0 Å². The van der Waals surface area contributed by atoms with Crippen molar-refractivity contribution in [3.63, 3.8) is 0 Å². The molecule has 0 unspecified atom stereocenters. The lowest BCUT2D eigenvalue weighted by Crippen LogP contribution is -2.14. The molecular formula is C15H16ClN3O. The molecule has 0 fully saturated rings. The summed E-state index contributed by atoms with van der Waals surface area (Å²) in [7, 11) is 0. The van der Waals surface area contributed by atoms with Crippen LogP contribution in [0.2, 0.25) is 5.02 Å². The minimum Gasteiger partial charge on any atom is -0.384 e. The van der Waals surface area contributed by atoms with E-state index in [1.54, 1.807) is 18.3 Å². The smallest absolute Gasteiger partial charge is 0.274 e. The van der Waals surface area contributed by atoms with Crippen LogP contribution in [0.3, 0.4) is 0 Å². The summed E-state index contributed by atoms with van der Waals surface area (Å²) in [5.74, 6) is -0.274. The number of benzene rings is 1. The highest BCUT2D eigenvalue weighted by molar-refractivity contribution is 6.34. The van der Waals surface area contributed by atoms with Crippen molar-refractivity contribution in [2.75, 3.05) is 17.2 Å². The van der Waals surface area contributed by atoms with Crippen molar-refractivity contribution in [3.8, 4) is 0 Å². The second-order valence-electron chi connectivity index (χ2n) is 4.35. The normalized spacial score (nSPS) is 10.2. The number of carbonyl (C=O) groups excluding carboxylic acids is 1. The van der Waals surface area contributed by atoms with E-state index in [9.17, 15) is 4.79 Å². The molecule has 0 spiro atoms. The van der Waals surface area contributed by atoms with E-state index in [-0.39, 0.29) is 5.91 Å². The van der Waals surface area contributed by atoms with Gasteiger partial charge in [0, 0.05) is 6.54 Å². The fourth-order valence-electron chi connectivity index (χ4n) is 1.80. The van der Waals surface area contributed by atoms with Crippen LogP contribution in [-0.4, -0.2) is 17.4 Å². The molecule has 0 aliphatic carbocycles. The fourth-order valence-corrected chi connectivity index (χ4v) is 2.07. The van der Waals surface area contributed by atoms with Crippen LogP contribution in [0.4, 0.5) is 11.4 Å². The Kier molecular flexibility index (Phi) is 4.58. The Morgan fingerprint density at radius 2 is 2.10 bits per heavy atom. The number of nitrogens with zero attached hydrogens (tertiary/aromatic N) is 1. The maximum atomic E-state index is 12.1. The molecule has 20 heavy (non-hydrogen) atoms. The molecule has 0 atom stereocenters. The number of hydrogen-bond donors (Lipinski definition) is 2. The van der Waals surface area contributed by atoms with Crippen molar-refractivity contribution < 1.29 is 4.79 Å². The first kappa shape index (κ1) is 14.3. The van der Waals surface area contributed by atoms with Gasteiger partial charge in [-0.2, -0.15) is 0 Å². The summed E-state index contributed by atoms with van der Waals surface area (Å²) in [6.45, 7) is 4.70. The zero-order valence-corrected chi connectivity index (χ0v) is 12.2. The largest absolute Gasteiger partial charge is 0.384 e. The third kappa shape index (κ3) is 3.27. The SMILES string of the molecule is CCNc1ccc(C(=O)Nc2c(C)cccc2Cl)nc1. The zero-order chi connectivity index (χ0) is 14.5. The molecule has 0 aliphatic heterocycles. The van der Waals surface area contributed by atoms with Crippen LogP contribution in [-0.2, 0) is 0 Å². The van der Waals surface area contributed by atoms with Gasteiger partial charge in [-0.1, -0.05) is 23.7 Å². The average Bonchev–Trinajstić information content (AvgIpc) is 2.44. The van der Waals surface area contributed by atoms with Gasteiger partial charge in [-0.15, -0.1) is 0 Å². The Balaban J connectivity index is 2.16. The van der Waals surface area contributed by atoms with Gasteiger partial charge in [0.2, 0.25) is 0 Å². The number of halogens is 1. The highest BCUT2D eigenvalue weighted by atomic mass is 35.5. The summed E-state index contributed by atoms with van der Waals surface area (Å²) in [4.78, 5) is 16.3. The first-order valence-electron chi connectivity index (χ1n) is 6.38. The zero-order valence-electron chi connectivity index (χ0n) is 11.4. The average molecular weight is 290 g/mol. The van der Waals surface area contributed by atoms with E-state index in [0.29, 0.717) is 16.4 Å². The molecule has 0 saturated heterocycles. The number of rotatable bonds is 4. The van der Waals surface area contributed by atoms with Crippen LogP contribution in [0, 0.1) is 6.92 Å². The summed E-state index contributed by atoms with van der Waals surface area (Å²) in [6.07, 6.45) is 1.64. The molecule has 2 rings (SSSR count). The lowest BCUT2D eigenvalue weighted by molar-refractivity contribution is 0.102. The van der Waals surface area contributed by atoms with E-state index >= 15 is 0 Å². The monoisotopic (exact) mass is 289 g/mol. The molecule has 0 bridgehead atoms. The van der Waals surface area contributed by atoms with E-state index in [2.05, 4.69) is 15.6 Å². The minimum absolute atomic E-state index is 0.274. The van der Waals surface area contributed by atoms with E-state index in [1.807, 2.05) is 32.0 Å². The van der Waals surface area contributed by atoms with Gasteiger partial charge in [-0.3, -0.25) is 4.79 Å². The maximum Gasteiger partial charge on any atom is 0.274 e. The van der Waals surface area contributed by atoms with E-state index in [0.717, 1.165) is 17.8 Å². The van der Waals surface area contributed by atoms with Crippen LogP contribution >= 0.6 is 11.6 Å². The van der Waals surface area contributed by atoms with Gasteiger partial charge in [0.1, 0.15) is 5.69 Å². The van der Waals surface area contributed by atoms with Crippen LogP contribution in [0.5, 0.6) is 0 Å². The van der Waals surface area contributed by atoms with Crippen LogP contribution < -0.4 is 10.6 Å². The van der Waals surface area contributed by atoms with E-state index < -0.39 is 0 Å². The first-order chi connectivity index (χ1) is 9.61. The second-order valence-corrected chi connectivity index (χ2v) is 4.76. The number of aromatic nitrogens is 1. The molecule has 4 nitrogen and oxygen atoms in total. The Morgan fingerprint density at radius 3 is 2.70 bits per heavy atom. The Hall–Kier alpha value is -2.07. The number of aryl methyl sites for hydroxylation is 1. The Morgan fingerprint density at radius 1 is 1.30 bits per heavy atom. The molecule has 2 N–H and O–H groups in total. The Bertz CT molecular complexity index is 591. The van der Waals surface area contributed by atoms with Gasteiger partial charge >= 0.3 is 0 Å². The second kappa shape index (κ2) is 6.39. The molecular weight excluding hydrogens is 274 g/mol. The van der Waals surface area contributed by atoms with Crippen LogP contribution in [0.1, 0.15) is 23.0 Å². The van der Waals surface area contributed by atoms with Crippen molar-refractivity contribution in [3.05, 3.63) is 52.8 Å². The number of hydrogen-bond acceptors (Lipinski definition) is 3. The van der Waals surface area contributed by atoms with Crippen molar-refractivity contribution in [1.82, 2.24) is 4.98 Å². The molecule has 0 aliphatic rings. The molecule has 1 aromatic heterocycles. The quantitative estimate of drug-likeness (QED) is 0.902. The van der Waals surface area contributed by atoms with Gasteiger partial charge in [0.15, 0.2) is 0 Å². The molecule has 5 heteroatoms. The van der Waals surface area contributed by atoms with Gasteiger partial charge in [-0.25, -0.2) is 4.98 Å². The summed E-state index contributed by atoms with van der Waals surface area (Å²) < 4.78 is 0. The molecule has 1 heterocycles. The van der Waals surface area contributed by atoms with Gasteiger partial charge in [0.05, 0.1) is 22.6 Å². The number of para-hydroxylation sites is 1. The van der Waals surface area contributed by atoms with Gasteiger partial charge < -0.3 is 10.6 Å². The van der Waals surface area contributed by atoms with Gasteiger partial charge in [-0.05, 0) is 37.6 Å². The molecule has 0 radical (unpaired) electrons. The third-order valence-corrected chi connectivity index (χ3v) is 3.15.